The number of aliphatic hydroxyl groups excluding tert-OH is 3. The molecule has 0 amide bonds. The van der Waals surface area contributed by atoms with Gasteiger partial charge in [-0.3, -0.25) is 0 Å². The predicted molar refractivity (Wildman–Crippen MR) is 38.3 cm³/mol. The van der Waals surface area contributed by atoms with Gasteiger partial charge in [0.2, 0.25) is 0 Å². The number of aliphatic hydroxyl groups is 3. The fraction of sp³-hybridized carbons (Fsp3) is 1.00. The molecule has 0 aliphatic carbocycles. The molecule has 63 valence electrons. The number of hydrogen-bond acceptors (Lipinski definition) is 3. The fourth-order valence-electron chi connectivity index (χ4n) is 0. The first kappa shape index (κ1) is 22.4. The van der Waals surface area contributed by atoms with Crippen LogP contribution in [0.3, 0.4) is 0 Å². The summed E-state index contributed by atoms with van der Waals surface area (Å²) in [5.74, 6) is 0. The Hall–Kier alpha value is 0.464. The van der Waals surface area contributed by atoms with Gasteiger partial charge < -0.3 is 15.3 Å². The van der Waals surface area contributed by atoms with Crippen LogP contribution in [0.15, 0.2) is 0 Å². The van der Waals surface area contributed by atoms with Crippen LogP contribution in [0.4, 0.5) is 0 Å². The summed E-state index contributed by atoms with van der Waals surface area (Å²) >= 11 is 0. The topological polar surface area (TPSA) is 60.7 Å². The monoisotopic (exact) mass is 189 g/mol. The van der Waals surface area contributed by atoms with E-state index in [-0.39, 0.29) is 38.4 Å². The first-order chi connectivity index (χ1) is 4.24. The average molecular weight is 189 g/mol. The SMILES string of the molecule is CCO.CCO.CCO.[V+2]. The molecule has 0 aromatic rings. The predicted octanol–water partition coefficient (Wildman–Crippen LogP) is -0.00670. The van der Waals surface area contributed by atoms with Crippen molar-refractivity contribution in [1.82, 2.24) is 0 Å². The molecule has 1 radical (unpaired) electrons. The van der Waals surface area contributed by atoms with Crippen molar-refractivity contribution in [2.45, 2.75) is 20.8 Å². The molecule has 0 unspecified atom stereocenters. The van der Waals surface area contributed by atoms with Crippen molar-refractivity contribution in [2.24, 2.45) is 0 Å². The van der Waals surface area contributed by atoms with Crippen molar-refractivity contribution in [3.05, 3.63) is 0 Å². The van der Waals surface area contributed by atoms with Crippen LogP contribution in [0.2, 0.25) is 0 Å². The Morgan fingerprint density at radius 3 is 0.700 bits per heavy atom. The van der Waals surface area contributed by atoms with Crippen LogP contribution in [0.25, 0.3) is 0 Å². The fourth-order valence-corrected chi connectivity index (χ4v) is 0. The molecule has 0 spiro atoms. The van der Waals surface area contributed by atoms with Crippen molar-refractivity contribution in [1.29, 1.82) is 0 Å². The van der Waals surface area contributed by atoms with Gasteiger partial charge in [-0.2, -0.15) is 0 Å². The van der Waals surface area contributed by atoms with E-state index < -0.39 is 0 Å². The molecule has 0 rings (SSSR count). The van der Waals surface area contributed by atoms with E-state index in [0.717, 1.165) is 0 Å². The largest absolute Gasteiger partial charge is 2.00 e. The molecule has 0 aromatic carbocycles. The Morgan fingerprint density at radius 2 is 0.700 bits per heavy atom. The Kier molecular flexibility index (Phi) is 127. The van der Waals surface area contributed by atoms with Gasteiger partial charge in [0.15, 0.2) is 0 Å². The quantitative estimate of drug-likeness (QED) is 0.502. The van der Waals surface area contributed by atoms with Crippen LogP contribution in [0.5, 0.6) is 0 Å². The smallest absolute Gasteiger partial charge is 0.397 e. The van der Waals surface area contributed by atoms with Gasteiger partial charge in [-0.1, -0.05) is 0 Å². The molecule has 3 N–H and O–H groups in total. The van der Waals surface area contributed by atoms with Crippen molar-refractivity contribution in [2.75, 3.05) is 19.8 Å². The summed E-state index contributed by atoms with van der Waals surface area (Å²) in [5, 5.41) is 22.7. The minimum atomic E-state index is 0. The zero-order valence-electron chi connectivity index (χ0n) is 6.91. The van der Waals surface area contributed by atoms with Crippen molar-refractivity contribution in [3.63, 3.8) is 0 Å². The van der Waals surface area contributed by atoms with Crippen LogP contribution < -0.4 is 0 Å². The molecule has 0 bridgehead atoms. The standard InChI is InChI=1S/3C2H6O.V/c3*1-2-3;/h3*3H,2H2,1H3;/q;;;+2. The van der Waals surface area contributed by atoms with Gasteiger partial charge in [0.05, 0.1) is 0 Å². The minimum absolute atomic E-state index is 0. The van der Waals surface area contributed by atoms with E-state index in [2.05, 4.69) is 0 Å². The molecular weight excluding hydrogens is 171 g/mol. The van der Waals surface area contributed by atoms with Gasteiger partial charge in [-0.05, 0) is 20.8 Å². The third kappa shape index (κ3) is 2190. The minimum Gasteiger partial charge on any atom is -0.397 e. The summed E-state index contributed by atoms with van der Waals surface area (Å²) in [6, 6.07) is 0. The van der Waals surface area contributed by atoms with E-state index in [1.807, 2.05) is 0 Å². The third-order valence-electron chi connectivity index (χ3n) is 0. The van der Waals surface area contributed by atoms with E-state index in [4.69, 9.17) is 15.3 Å². The van der Waals surface area contributed by atoms with E-state index in [1.54, 1.807) is 20.8 Å². The summed E-state index contributed by atoms with van der Waals surface area (Å²) in [4.78, 5) is 0. The van der Waals surface area contributed by atoms with Crippen LogP contribution in [0.1, 0.15) is 20.8 Å². The van der Waals surface area contributed by atoms with Gasteiger partial charge in [-0.15, -0.1) is 0 Å². The maximum Gasteiger partial charge on any atom is 2.00 e. The van der Waals surface area contributed by atoms with Crippen molar-refractivity contribution < 1.29 is 33.9 Å². The molecule has 3 nitrogen and oxygen atoms in total. The molecule has 10 heavy (non-hydrogen) atoms. The Balaban J connectivity index is -0.0000000257. The number of hydrogen-bond donors (Lipinski definition) is 3. The summed E-state index contributed by atoms with van der Waals surface area (Å²) in [5.41, 5.74) is 0. The average Bonchev–Trinajstić information content (AvgIpc) is 1.70. The third-order valence-corrected chi connectivity index (χ3v) is 0. The zero-order chi connectivity index (χ0) is 8.12. The molecule has 0 atom stereocenters. The van der Waals surface area contributed by atoms with Gasteiger partial charge in [0.1, 0.15) is 0 Å². The van der Waals surface area contributed by atoms with Crippen LogP contribution in [-0.4, -0.2) is 35.1 Å². The summed E-state index contributed by atoms with van der Waals surface area (Å²) < 4.78 is 0. The molecule has 0 saturated heterocycles. The maximum absolute atomic E-state index is 7.57. The molecule has 0 aliphatic rings. The van der Waals surface area contributed by atoms with Crippen molar-refractivity contribution >= 4 is 0 Å². The maximum atomic E-state index is 7.57. The van der Waals surface area contributed by atoms with Gasteiger partial charge in [0.25, 0.3) is 0 Å². The van der Waals surface area contributed by atoms with Crippen LogP contribution >= 0.6 is 0 Å². The number of rotatable bonds is 0. The first-order valence-electron chi connectivity index (χ1n) is 3.07. The van der Waals surface area contributed by atoms with E-state index in [1.165, 1.54) is 0 Å². The van der Waals surface area contributed by atoms with E-state index >= 15 is 0 Å². The first-order valence-corrected chi connectivity index (χ1v) is 3.07. The summed E-state index contributed by atoms with van der Waals surface area (Å²) in [6.07, 6.45) is 0. The zero-order valence-corrected chi connectivity index (χ0v) is 8.31. The normalized spacial score (nSPS) is 5.40. The van der Waals surface area contributed by atoms with Gasteiger partial charge >= 0.3 is 18.6 Å². The van der Waals surface area contributed by atoms with Crippen LogP contribution in [0, 0.1) is 0 Å². The summed E-state index contributed by atoms with van der Waals surface area (Å²) in [6.45, 7) is 5.79. The molecular formula is C6H18O3V+2. The van der Waals surface area contributed by atoms with E-state index in [9.17, 15) is 0 Å². The van der Waals surface area contributed by atoms with Gasteiger partial charge in [-0.25, -0.2) is 0 Å². The molecule has 0 saturated carbocycles. The van der Waals surface area contributed by atoms with E-state index in [0.29, 0.717) is 0 Å². The second-order valence-corrected chi connectivity index (χ2v) is 0.949. The molecule has 0 aromatic heterocycles. The van der Waals surface area contributed by atoms with Crippen LogP contribution in [-0.2, 0) is 18.6 Å². The second kappa shape index (κ2) is 56.5. The molecule has 0 aliphatic heterocycles. The Morgan fingerprint density at radius 1 is 0.700 bits per heavy atom. The van der Waals surface area contributed by atoms with Gasteiger partial charge in [0, 0.05) is 19.8 Å². The Labute approximate surface area is 75.0 Å². The van der Waals surface area contributed by atoms with Crippen molar-refractivity contribution in [3.8, 4) is 0 Å². The molecule has 0 heterocycles. The summed E-state index contributed by atoms with van der Waals surface area (Å²) in [7, 11) is 0. The molecule has 0 fully saturated rings. The molecule has 4 heteroatoms. The Bertz CT molecular complexity index is 17.7. The second-order valence-electron chi connectivity index (χ2n) is 0.949.